The number of alkyl halides is 3. The molecule has 0 spiro atoms. The van der Waals surface area contributed by atoms with Gasteiger partial charge in [-0.2, -0.15) is 18.3 Å². The van der Waals surface area contributed by atoms with Crippen LogP contribution < -0.4 is 5.32 Å². The van der Waals surface area contributed by atoms with Crippen LogP contribution in [0.4, 0.5) is 13.2 Å². The fourth-order valence-corrected chi connectivity index (χ4v) is 1.79. The van der Waals surface area contributed by atoms with Crippen molar-refractivity contribution >= 4 is 0 Å². The van der Waals surface area contributed by atoms with Gasteiger partial charge in [-0.3, -0.25) is 0 Å². The minimum absolute atomic E-state index is 0.373. The molecule has 0 amide bonds. The molecule has 0 saturated heterocycles. The molecule has 1 N–H and O–H groups in total. The Morgan fingerprint density at radius 2 is 2.00 bits per heavy atom. The predicted molar refractivity (Wildman–Crippen MR) is 68.5 cm³/mol. The normalized spacial score (nSPS) is 11.8. The van der Waals surface area contributed by atoms with E-state index in [1.165, 1.54) is 10.7 Å². The first-order chi connectivity index (χ1) is 9.43. The standard InChI is InChI=1S/C13H15F3N4/c1-3-17-6-10-7-19-20(9(10)2)12-5-4-11(8-18-12)13(14,15)16/h4-5,7-8,17H,3,6H2,1-2H3. The average molecular weight is 284 g/mol. The summed E-state index contributed by atoms with van der Waals surface area (Å²) in [5.41, 5.74) is 1.09. The molecular weight excluding hydrogens is 269 g/mol. The largest absolute Gasteiger partial charge is 0.417 e. The van der Waals surface area contributed by atoms with Gasteiger partial charge in [0.25, 0.3) is 0 Å². The highest BCUT2D eigenvalue weighted by molar-refractivity contribution is 5.30. The molecule has 7 heteroatoms. The fourth-order valence-electron chi connectivity index (χ4n) is 1.79. The second-order valence-electron chi connectivity index (χ2n) is 4.35. The average Bonchev–Trinajstić information content (AvgIpc) is 2.77. The Bertz CT molecular complexity index is 572. The number of hydrogen-bond acceptors (Lipinski definition) is 3. The van der Waals surface area contributed by atoms with Crippen LogP contribution in [0.1, 0.15) is 23.7 Å². The summed E-state index contributed by atoms with van der Waals surface area (Å²) in [6.45, 7) is 5.36. The molecule has 0 aliphatic heterocycles. The molecule has 2 rings (SSSR count). The molecular formula is C13H15F3N4. The number of hydrogen-bond donors (Lipinski definition) is 1. The zero-order valence-electron chi connectivity index (χ0n) is 11.2. The molecule has 0 saturated carbocycles. The highest BCUT2D eigenvalue weighted by Gasteiger charge is 2.30. The van der Waals surface area contributed by atoms with Gasteiger partial charge in [0.2, 0.25) is 0 Å². The number of rotatable bonds is 4. The Morgan fingerprint density at radius 1 is 1.25 bits per heavy atom. The molecule has 2 heterocycles. The van der Waals surface area contributed by atoms with Crippen LogP contribution in [-0.4, -0.2) is 21.3 Å². The first-order valence-electron chi connectivity index (χ1n) is 6.21. The quantitative estimate of drug-likeness (QED) is 0.938. The van der Waals surface area contributed by atoms with Crippen molar-refractivity contribution < 1.29 is 13.2 Å². The molecule has 20 heavy (non-hydrogen) atoms. The maximum atomic E-state index is 12.5. The lowest BCUT2D eigenvalue weighted by Gasteiger charge is -2.08. The van der Waals surface area contributed by atoms with E-state index in [4.69, 9.17) is 0 Å². The molecule has 0 bridgehead atoms. The van der Waals surface area contributed by atoms with Gasteiger partial charge in [-0.15, -0.1) is 0 Å². The monoisotopic (exact) mass is 284 g/mol. The molecule has 0 fully saturated rings. The lowest BCUT2D eigenvalue weighted by molar-refractivity contribution is -0.137. The van der Waals surface area contributed by atoms with Gasteiger partial charge in [0, 0.05) is 24.0 Å². The van der Waals surface area contributed by atoms with Crippen molar-refractivity contribution in [2.24, 2.45) is 0 Å². The van der Waals surface area contributed by atoms with Crippen LogP contribution in [0.3, 0.4) is 0 Å². The highest BCUT2D eigenvalue weighted by atomic mass is 19.4. The van der Waals surface area contributed by atoms with Crippen LogP contribution in [0.5, 0.6) is 0 Å². The van der Waals surface area contributed by atoms with Crippen molar-refractivity contribution in [2.75, 3.05) is 6.54 Å². The van der Waals surface area contributed by atoms with Gasteiger partial charge in [0.1, 0.15) is 0 Å². The maximum Gasteiger partial charge on any atom is 0.417 e. The van der Waals surface area contributed by atoms with Crippen LogP contribution in [-0.2, 0) is 12.7 Å². The molecule has 0 atom stereocenters. The summed E-state index contributed by atoms with van der Waals surface area (Å²) in [6, 6.07) is 2.33. The molecule has 0 aliphatic carbocycles. The van der Waals surface area contributed by atoms with E-state index in [1.54, 1.807) is 6.20 Å². The predicted octanol–water partition coefficient (Wildman–Crippen LogP) is 2.70. The summed E-state index contributed by atoms with van der Waals surface area (Å²) in [5, 5.41) is 7.34. The second-order valence-corrected chi connectivity index (χ2v) is 4.35. The lowest BCUT2D eigenvalue weighted by Crippen LogP contribution is -2.12. The zero-order valence-corrected chi connectivity index (χ0v) is 11.2. The van der Waals surface area contributed by atoms with Crippen molar-refractivity contribution in [3.8, 4) is 5.82 Å². The smallest absolute Gasteiger partial charge is 0.313 e. The van der Waals surface area contributed by atoms with Crippen molar-refractivity contribution in [2.45, 2.75) is 26.6 Å². The number of nitrogens with zero attached hydrogens (tertiary/aromatic N) is 3. The summed E-state index contributed by atoms with van der Waals surface area (Å²) in [6.07, 6.45) is -1.86. The third-order valence-electron chi connectivity index (χ3n) is 2.97. The zero-order chi connectivity index (χ0) is 14.8. The number of nitrogens with one attached hydrogen (secondary N) is 1. The summed E-state index contributed by atoms with van der Waals surface area (Å²) in [5.74, 6) is 0.373. The molecule has 4 nitrogen and oxygen atoms in total. The van der Waals surface area contributed by atoms with Gasteiger partial charge in [0.05, 0.1) is 11.8 Å². The summed E-state index contributed by atoms with van der Waals surface area (Å²) in [7, 11) is 0. The summed E-state index contributed by atoms with van der Waals surface area (Å²) < 4.78 is 39.0. The molecule has 2 aromatic rings. The maximum absolute atomic E-state index is 12.5. The first-order valence-corrected chi connectivity index (χ1v) is 6.21. The van der Waals surface area contributed by atoms with Gasteiger partial charge in [-0.05, 0) is 25.6 Å². The van der Waals surface area contributed by atoms with Crippen LogP contribution in [0.15, 0.2) is 24.5 Å². The minimum atomic E-state index is -4.37. The highest BCUT2D eigenvalue weighted by Crippen LogP contribution is 2.28. The van der Waals surface area contributed by atoms with E-state index >= 15 is 0 Å². The Kier molecular flexibility index (Phi) is 4.08. The van der Waals surface area contributed by atoms with E-state index in [0.717, 1.165) is 30.1 Å². The first kappa shape index (κ1) is 14.5. The van der Waals surface area contributed by atoms with Crippen LogP contribution in [0.2, 0.25) is 0 Å². The number of halogens is 3. The molecule has 0 aromatic carbocycles. The van der Waals surface area contributed by atoms with Gasteiger partial charge >= 0.3 is 6.18 Å². The molecule has 0 radical (unpaired) electrons. The molecule has 0 unspecified atom stereocenters. The van der Waals surface area contributed by atoms with Gasteiger partial charge in [-0.1, -0.05) is 6.92 Å². The summed E-state index contributed by atoms with van der Waals surface area (Å²) >= 11 is 0. The van der Waals surface area contributed by atoms with Gasteiger partial charge in [-0.25, -0.2) is 9.67 Å². The minimum Gasteiger partial charge on any atom is -0.313 e. The second kappa shape index (κ2) is 5.62. The van der Waals surface area contributed by atoms with E-state index < -0.39 is 11.7 Å². The molecule has 2 aromatic heterocycles. The van der Waals surface area contributed by atoms with Gasteiger partial charge in [0.15, 0.2) is 5.82 Å². The fraction of sp³-hybridized carbons (Fsp3) is 0.385. The lowest BCUT2D eigenvalue weighted by atomic mass is 10.2. The molecule has 0 aliphatic rings. The van der Waals surface area contributed by atoms with E-state index in [0.29, 0.717) is 12.4 Å². The Balaban J connectivity index is 2.26. The van der Waals surface area contributed by atoms with Crippen molar-refractivity contribution in [1.29, 1.82) is 0 Å². The third kappa shape index (κ3) is 2.98. The number of aromatic nitrogens is 3. The molecule has 108 valence electrons. The van der Waals surface area contributed by atoms with Crippen molar-refractivity contribution in [3.63, 3.8) is 0 Å². The van der Waals surface area contributed by atoms with Crippen LogP contribution in [0.25, 0.3) is 5.82 Å². The topological polar surface area (TPSA) is 42.7 Å². The van der Waals surface area contributed by atoms with E-state index in [9.17, 15) is 13.2 Å². The Morgan fingerprint density at radius 3 is 2.55 bits per heavy atom. The van der Waals surface area contributed by atoms with Gasteiger partial charge < -0.3 is 5.32 Å². The van der Waals surface area contributed by atoms with Crippen LogP contribution in [0, 0.1) is 6.92 Å². The number of pyridine rings is 1. The Hall–Kier alpha value is -1.89. The third-order valence-corrected chi connectivity index (χ3v) is 2.97. The van der Waals surface area contributed by atoms with E-state index in [-0.39, 0.29) is 0 Å². The van der Waals surface area contributed by atoms with Crippen molar-refractivity contribution in [1.82, 2.24) is 20.1 Å². The Labute approximate surface area is 114 Å². The van der Waals surface area contributed by atoms with Crippen LogP contribution >= 0.6 is 0 Å². The summed E-state index contributed by atoms with van der Waals surface area (Å²) in [4.78, 5) is 3.83. The van der Waals surface area contributed by atoms with E-state index in [2.05, 4.69) is 15.4 Å². The van der Waals surface area contributed by atoms with Crippen molar-refractivity contribution in [3.05, 3.63) is 41.3 Å². The van der Waals surface area contributed by atoms with E-state index in [1.807, 2.05) is 13.8 Å². The SMILES string of the molecule is CCNCc1cnn(-c2ccc(C(F)(F)F)cn2)c1C.